The summed E-state index contributed by atoms with van der Waals surface area (Å²) in [6.07, 6.45) is -4.49. The number of hydrogen-bond donors (Lipinski definition) is 0. The van der Waals surface area contributed by atoms with E-state index in [1.54, 1.807) is 20.8 Å². The van der Waals surface area contributed by atoms with Crippen LogP contribution in [0.25, 0.3) is 0 Å². The normalized spacial score (nSPS) is 19.2. The quantitative estimate of drug-likeness (QED) is 0.861. The second-order valence-electron chi connectivity index (χ2n) is 6.12. The Hall–Kier alpha value is -1.57. The van der Waals surface area contributed by atoms with Crippen LogP contribution in [0.5, 0.6) is 0 Å². The number of carbonyl (C=O) groups is 1. The van der Waals surface area contributed by atoms with Crippen molar-refractivity contribution in [3.05, 3.63) is 11.8 Å². The molecule has 0 bridgehead atoms. The van der Waals surface area contributed by atoms with Crippen molar-refractivity contribution in [3.63, 3.8) is 0 Å². The number of hydrogen-bond acceptors (Lipinski definition) is 3. The molecule has 8 heteroatoms. The van der Waals surface area contributed by atoms with E-state index in [0.717, 1.165) is 4.68 Å². The number of rotatable bonds is 3. The predicted octanol–water partition coefficient (Wildman–Crippen LogP) is 2.85. The van der Waals surface area contributed by atoms with Gasteiger partial charge in [0.1, 0.15) is 5.82 Å². The van der Waals surface area contributed by atoms with Gasteiger partial charge in [-0.25, -0.2) is 4.68 Å². The molecule has 1 aromatic heterocycles. The summed E-state index contributed by atoms with van der Waals surface area (Å²) in [5.41, 5.74) is -0.215. The topological polar surface area (TPSA) is 47.4 Å². The maximum absolute atomic E-state index is 13.1. The molecular weight excluding hydrogens is 299 g/mol. The third-order valence-corrected chi connectivity index (χ3v) is 3.84. The van der Waals surface area contributed by atoms with Gasteiger partial charge in [0.15, 0.2) is 6.04 Å². The standard InChI is InChI=1S/C14H20F3N3O2/c1-9-7-11-19(12(21)8-13(2,3)22-4)6-5-10(14(15,16)17)20(11)18-9/h7,10H,5-6,8H2,1-4H3. The van der Waals surface area contributed by atoms with Crippen molar-refractivity contribution >= 4 is 11.7 Å². The van der Waals surface area contributed by atoms with Gasteiger partial charge in [-0.05, 0) is 27.2 Å². The molecule has 0 fully saturated rings. The van der Waals surface area contributed by atoms with Gasteiger partial charge in [0, 0.05) is 19.7 Å². The number of aromatic nitrogens is 2. The first-order valence-corrected chi connectivity index (χ1v) is 7.03. The molecule has 1 aliphatic heterocycles. The van der Waals surface area contributed by atoms with Crippen molar-refractivity contribution in [1.82, 2.24) is 9.78 Å². The Balaban J connectivity index is 2.31. The average Bonchev–Trinajstić information content (AvgIpc) is 2.76. The van der Waals surface area contributed by atoms with Crippen LogP contribution >= 0.6 is 0 Å². The molecule has 1 atom stereocenters. The highest BCUT2D eigenvalue weighted by atomic mass is 19.4. The SMILES string of the molecule is COC(C)(C)CC(=O)N1CCC(C(F)(F)F)n2nc(C)cc21. The second-order valence-corrected chi connectivity index (χ2v) is 6.12. The molecule has 0 aliphatic carbocycles. The summed E-state index contributed by atoms with van der Waals surface area (Å²) in [7, 11) is 1.50. The Morgan fingerprint density at radius 2 is 2.09 bits per heavy atom. The summed E-state index contributed by atoms with van der Waals surface area (Å²) in [4.78, 5) is 13.8. The minimum atomic E-state index is -4.38. The number of ether oxygens (including phenoxy) is 1. The molecule has 1 aliphatic rings. The third-order valence-electron chi connectivity index (χ3n) is 3.84. The number of fused-ring (bicyclic) bond motifs is 1. The van der Waals surface area contributed by atoms with Gasteiger partial charge in [-0.1, -0.05) is 0 Å². The number of alkyl halides is 3. The summed E-state index contributed by atoms with van der Waals surface area (Å²) in [6, 6.07) is -0.175. The summed E-state index contributed by atoms with van der Waals surface area (Å²) in [5.74, 6) is -0.0726. The lowest BCUT2D eigenvalue weighted by atomic mass is 10.0. The van der Waals surface area contributed by atoms with Crippen LogP contribution < -0.4 is 4.90 Å². The number of carbonyl (C=O) groups excluding carboxylic acids is 1. The first-order chi connectivity index (χ1) is 10.0. The van der Waals surface area contributed by atoms with Crippen LogP contribution in [-0.4, -0.2) is 41.1 Å². The highest BCUT2D eigenvalue weighted by Crippen LogP contribution is 2.39. The van der Waals surface area contributed by atoms with Crippen LogP contribution in [-0.2, 0) is 9.53 Å². The van der Waals surface area contributed by atoms with E-state index in [1.165, 1.54) is 18.1 Å². The van der Waals surface area contributed by atoms with Gasteiger partial charge in [-0.15, -0.1) is 0 Å². The number of methoxy groups -OCH3 is 1. The van der Waals surface area contributed by atoms with E-state index >= 15 is 0 Å². The Kier molecular flexibility index (Phi) is 4.25. The number of anilines is 1. The first-order valence-electron chi connectivity index (χ1n) is 7.03. The lowest BCUT2D eigenvalue weighted by molar-refractivity contribution is -0.173. The summed E-state index contributed by atoms with van der Waals surface area (Å²) in [5, 5.41) is 3.92. The lowest BCUT2D eigenvalue weighted by Crippen LogP contribution is -2.45. The Labute approximate surface area is 127 Å². The van der Waals surface area contributed by atoms with Crippen LogP contribution in [0.15, 0.2) is 6.07 Å². The van der Waals surface area contributed by atoms with Gasteiger partial charge in [-0.2, -0.15) is 18.3 Å². The maximum atomic E-state index is 13.1. The van der Waals surface area contributed by atoms with Gasteiger partial charge < -0.3 is 4.74 Å². The molecule has 1 amide bonds. The molecule has 2 heterocycles. The smallest absolute Gasteiger partial charge is 0.378 e. The highest BCUT2D eigenvalue weighted by molar-refractivity contribution is 5.93. The van der Waals surface area contributed by atoms with E-state index in [2.05, 4.69) is 5.10 Å². The molecule has 0 spiro atoms. The monoisotopic (exact) mass is 319 g/mol. The minimum absolute atomic E-state index is 0.0218. The van der Waals surface area contributed by atoms with Crippen LogP contribution in [0.1, 0.15) is 38.4 Å². The van der Waals surface area contributed by atoms with E-state index in [1.807, 2.05) is 0 Å². The summed E-state index contributed by atoms with van der Waals surface area (Å²) < 4.78 is 45.4. The number of aryl methyl sites for hydroxylation is 1. The summed E-state index contributed by atoms with van der Waals surface area (Å²) >= 11 is 0. The zero-order valence-corrected chi connectivity index (χ0v) is 13.1. The van der Waals surface area contributed by atoms with Gasteiger partial charge >= 0.3 is 6.18 Å². The van der Waals surface area contributed by atoms with Crippen molar-refractivity contribution in [2.24, 2.45) is 0 Å². The van der Waals surface area contributed by atoms with Gasteiger partial charge in [0.25, 0.3) is 0 Å². The molecule has 22 heavy (non-hydrogen) atoms. The molecule has 124 valence electrons. The van der Waals surface area contributed by atoms with Gasteiger partial charge in [-0.3, -0.25) is 9.69 Å². The van der Waals surface area contributed by atoms with Gasteiger partial charge in [0.2, 0.25) is 5.91 Å². The van der Waals surface area contributed by atoms with Crippen LogP contribution in [0.2, 0.25) is 0 Å². The minimum Gasteiger partial charge on any atom is -0.378 e. The zero-order valence-electron chi connectivity index (χ0n) is 13.1. The molecule has 0 saturated heterocycles. The van der Waals surface area contributed by atoms with E-state index in [9.17, 15) is 18.0 Å². The molecule has 5 nitrogen and oxygen atoms in total. The Morgan fingerprint density at radius 3 is 2.64 bits per heavy atom. The van der Waals surface area contributed by atoms with E-state index < -0.39 is 17.8 Å². The van der Waals surface area contributed by atoms with E-state index in [0.29, 0.717) is 5.69 Å². The van der Waals surface area contributed by atoms with Crippen LogP contribution in [0, 0.1) is 6.92 Å². The highest BCUT2D eigenvalue weighted by Gasteiger charge is 2.46. The largest absolute Gasteiger partial charge is 0.410 e. The van der Waals surface area contributed by atoms with Gasteiger partial charge in [0.05, 0.1) is 17.7 Å². The van der Waals surface area contributed by atoms with Crippen molar-refractivity contribution in [2.45, 2.75) is 51.4 Å². The maximum Gasteiger partial charge on any atom is 0.410 e. The molecule has 1 unspecified atom stereocenters. The molecule has 0 aromatic carbocycles. The van der Waals surface area contributed by atoms with Crippen molar-refractivity contribution in [3.8, 4) is 0 Å². The lowest BCUT2D eigenvalue weighted by Gasteiger charge is -2.35. The third kappa shape index (κ3) is 3.26. The molecule has 0 saturated carbocycles. The fourth-order valence-electron chi connectivity index (χ4n) is 2.51. The van der Waals surface area contributed by atoms with E-state index in [-0.39, 0.29) is 31.1 Å². The molecule has 2 rings (SSSR count). The van der Waals surface area contributed by atoms with Crippen molar-refractivity contribution in [1.29, 1.82) is 0 Å². The molecular formula is C14H20F3N3O2. The Bertz CT molecular complexity index is 566. The zero-order chi connectivity index (χ0) is 16.7. The number of nitrogens with zero attached hydrogens (tertiary/aromatic N) is 3. The molecule has 0 radical (unpaired) electrons. The van der Waals surface area contributed by atoms with Crippen LogP contribution in [0.4, 0.5) is 19.0 Å². The first kappa shape index (κ1) is 16.8. The molecule has 1 aromatic rings. The Morgan fingerprint density at radius 1 is 1.45 bits per heavy atom. The second kappa shape index (κ2) is 5.57. The number of amides is 1. The predicted molar refractivity (Wildman–Crippen MR) is 74.7 cm³/mol. The van der Waals surface area contributed by atoms with Crippen LogP contribution in [0.3, 0.4) is 0 Å². The average molecular weight is 319 g/mol. The molecule has 0 N–H and O–H groups in total. The van der Waals surface area contributed by atoms with E-state index in [4.69, 9.17) is 4.74 Å². The number of halogens is 3. The summed E-state index contributed by atoms with van der Waals surface area (Å²) in [6.45, 7) is 5.15. The fraction of sp³-hybridized carbons (Fsp3) is 0.714. The van der Waals surface area contributed by atoms with Crippen molar-refractivity contribution in [2.75, 3.05) is 18.6 Å². The fourth-order valence-corrected chi connectivity index (χ4v) is 2.51. The van der Waals surface area contributed by atoms with Crippen molar-refractivity contribution < 1.29 is 22.7 Å².